The van der Waals surface area contributed by atoms with Gasteiger partial charge in [0.05, 0.1) is 5.69 Å². The molecule has 1 aromatic carbocycles. The standard InChI is InChI=1S/C23H29FN6O2/c1-3-21-25-10-14-30(21)11-4-9-26-22(31)17-7-12-29(13-8-17)20-6-5-18(15-19(20)24)23-27-16(2)28-32-23/h5-6,10,14-15,17H,3-4,7-9,11-13H2,1-2H3,(H,26,31). The van der Waals surface area contributed by atoms with E-state index < -0.39 is 0 Å². The summed E-state index contributed by atoms with van der Waals surface area (Å²) in [6.45, 7) is 6.58. The van der Waals surface area contributed by atoms with Crippen molar-refractivity contribution in [3.63, 3.8) is 0 Å². The Morgan fingerprint density at radius 1 is 1.31 bits per heavy atom. The summed E-state index contributed by atoms with van der Waals surface area (Å²) in [5.74, 6) is 1.62. The second-order valence-electron chi connectivity index (χ2n) is 8.11. The lowest BCUT2D eigenvalue weighted by Gasteiger charge is -2.33. The third-order valence-corrected chi connectivity index (χ3v) is 5.92. The van der Waals surface area contributed by atoms with Crippen LogP contribution in [0, 0.1) is 18.7 Å². The fraction of sp³-hybridized carbons (Fsp3) is 0.478. The van der Waals surface area contributed by atoms with Crippen LogP contribution < -0.4 is 10.2 Å². The zero-order valence-corrected chi connectivity index (χ0v) is 18.6. The predicted octanol–water partition coefficient (Wildman–Crippen LogP) is 3.37. The molecule has 1 fully saturated rings. The van der Waals surface area contributed by atoms with Crippen molar-refractivity contribution in [2.75, 3.05) is 24.5 Å². The number of aryl methyl sites for hydroxylation is 3. The van der Waals surface area contributed by atoms with Crippen molar-refractivity contribution in [3.8, 4) is 11.5 Å². The van der Waals surface area contributed by atoms with Gasteiger partial charge in [-0.05, 0) is 44.4 Å². The van der Waals surface area contributed by atoms with E-state index in [0.29, 0.717) is 55.4 Å². The molecule has 3 aromatic rings. The number of halogens is 1. The van der Waals surface area contributed by atoms with Gasteiger partial charge in [0.1, 0.15) is 11.6 Å². The Labute approximate surface area is 186 Å². The lowest BCUT2D eigenvalue weighted by molar-refractivity contribution is -0.125. The fourth-order valence-electron chi connectivity index (χ4n) is 4.16. The Morgan fingerprint density at radius 3 is 2.81 bits per heavy atom. The second kappa shape index (κ2) is 9.93. The number of rotatable bonds is 8. The van der Waals surface area contributed by atoms with E-state index in [1.54, 1.807) is 19.1 Å². The van der Waals surface area contributed by atoms with Crippen LogP contribution in [0.25, 0.3) is 11.5 Å². The van der Waals surface area contributed by atoms with Crippen LogP contribution >= 0.6 is 0 Å². The molecule has 1 saturated heterocycles. The van der Waals surface area contributed by atoms with Crippen LogP contribution in [0.15, 0.2) is 35.1 Å². The number of aromatic nitrogens is 4. The van der Waals surface area contributed by atoms with Crippen LogP contribution in [0.4, 0.5) is 10.1 Å². The predicted molar refractivity (Wildman–Crippen MR) is 119 cm³/mol. The number of amides is 1. The Hall–Kier alpha value is -3.23. The highest BCUT2D eigenvalue weighted by atomic mass is 19.1. The molecule has 0 saturated carbocycles. The molecule has 4 rings (SSSR count). The molecule has 1 aliphatic heterocycles. The molecule has 1 aliphatic rings. The molecule has 0 bridgehead atoms. The maximum atomic E-state index is 14.7. The Kier molecular flexibility index (Phi) is 6.82. The molecule has 0 radical (unpaired) electrons. The van der Waals surface area contributed by atoms with Crippen LogP contribution in [0.1, 0.15) is 37.8 Å². The van der Waals surface area contributed by atoms with Crippen molar-refractivity contribution < 1.29 is 13.7 Å². The Balaban J connectivity index is 1.24. The topological polar surface area (TPSA) is 89.1 Å². The summed E-state index contributed by atoms with van der Waals surface area (Å²) in [6.07, 6.45) is 6.97. The number of nitrogens with one attached hydrogen (secondary N) is 1. The summed E-state index contributed by atoms with van der Waals surface area (Å²) in [5.41, 5.74) is 1.10. The number of hydrogen-bond acceptors (Lipinski definition) is 6. The summed E-state index contributed by atoms with van der Waals surface area (Å²) in [7, 11) is 0. The molecule has 1 N–H and O–H groups in total. The number of carbonyl (C=O) groups excluding carboxylic acids is 1. The van der Waals surface area contributed by atoms with Crippen molar-refractivity contribution in [2.45, 2.75) is 46.1 Å². The van der Waals surface area contributed by atoms with Crippen molar-refractivity contribution in [1.29, 1.82) is 0 Å². The summed E-state index contributed by atoms with van der Waals surface area (Å²) in [5, 5.41) is 6.80. The normalized spacial score (nSPS) is 14.7. The van der Waals surface area contributed by atoms with Crippen LogP contribution in [0.5, 0.6) is 0 Å². The summed E-state index contributed by atoms with van der Waals surface area (Å²) in [4.78, 5) is 23.0. The largest absolute Gasteiger partial charge is 0.369 e. The van der Waals surface area contributed by atoms with Crippen molar-refractivity contribution >= 4 is 11.6 Å². The van der Waals surface area contributed by atoms with Crippen LogP contribution in [-0.2, 0) is 17.8 Å². The van der Waals surface area contributed by atoms with Gasteiger partial charge in [-0.1, -0.05) is 12.1 Å². The van der Waals surface area contributed by atoms with Crippen molar-refractivity contribution in [2.24, 2.45) is 5.92 Å². The van der Waals surface area contributed by atoms with E-state index in [1.807, 2.05) is 17.3 Å². The van der Waals surface area contributed by atoms with Gasteiger partial charge in [0, 0.05) is 56.5 Å². The highest BCUT2D eigenvalue weighted by Crippen LogP contribution is 2.29. The van der Waals surface area contributed by atoms with E-state index >= 15 is 0 Å². The first-order chi connectivity index (χ1) is 15.5. The van der Waals surface area contributed by atoms with Gasteiger partial charge >= 0.3 is 0 Å². The average molecular weight is 441 g/mol. The van der Waals surface area contributed by atoms with Crippen LogP contribution in [0.2, 0.25) is 0 Å². The molecule has 1 amide bonds. The van der Waals surface area contributed by atoms with Gasteiger partial charge in [-0.2, -0.15) is 4.98 Å². The van der Waals surface area contributed by atoms with Gasteiger partial charge in [0.25, 0.3) is 5.89 Å². The number of nitrogens with zero attached hydrogens (tertiary/aromatic N) is 5. The number of piperidine rings is 1. The molecule has 0 spiro atoms. The first-order valence-electron chi connectivity index (χ1n) is 11.2. The molecule has 2 aromatic heterocycles. The maximum absolute atomic E-state index is 14.7. The molecule has 9 heteroatoms. The van der Waals surface area contributed by atoms with Gasteiger partial charge in [0.15, 0.2) is 5.82 Å². The highest BCUT2D eigenvalue weighted by molar-refractivity contribution is 5.79. The van der Waals surface area contributed by atoms with Crippen LogP contribution in [-0.4, -0.2) is 45.2 Å². The number of hydrogen-bond donors (Lipinski definition) is 1. The quantitative estimate of drug-likeness (QED) is 0.541. The maximum Gasteiger partial charge on any atom is 0.258 e. The lowest BCUT2D eigenvalue weighted by atomic mass is 9.95. The van der Waals surface area contributed by atoms with E-state index in [9.17, 15) is 9.18 Å². The van der Waals surface area contributed by atoms with E-state index in [1.165, 1.54) is 6.07 Å². The van der Waals surface area contributed by atoms with Crippen LogP contribution in [0.3, 0.4) is 0 Å². The Bertz CT molecular complexity index is 1050. The zero-order chi connectivity index (χ0) is 22.5. The molecule has 3 heterocycles. The zero-order valence-electron chi connectivity index (χ0n) is 18.6. The first kappa shape index (κ1) is 22.0. The van der Waals surface area contributed by atoms with E-state index in [-0.39, 0.29) is 17.6 Å². The van der Waals surface area contributed by atoms with Gasteiger partial charge in [-0.3, -0.25) is 4.79 Å². The fourth-order valence-corrected chi connectivity index (χ4v) is 4.16. The molecule has 0 aliphatic carbocycles. The smallest absolute Gasteiger partial charge is 0.258 e. The third-order valence-electron chi connectivity index (χ3n) is 5.92. The summed E-state index contributed by atoms with van der Waals surface area (Å²) in [6, 6.07) is 4.95. The van der Waals surface area contributed by atoms with Gasteiger partial charge in [-0.25, -0.2) is 9.37 Å². The molecule has 0 unspecified atom stereocenters. The average Bonchev–Trinajstić information content (AvgIpc) is 3.45. The number of anilines is 1. The van der Waals surface area contributed by atoms with E-state index in [4.69, 9.17) is 4.52 Å². The first-order valence-corrected chi connectivity index (χ1v) is 11.2. The molecule has 170 valence electrons. The van der Waals surface area contributed by atoms with Gasteiger partial charge in [-0.15, -0.1) is 0 Å². The highest BCUT2D eigenvalue weighted by Gasteiger charge is 2.26. The van der Waals surface area contributed by atoms with Gasteiger partial charge in [0.2, 0.25) is 5.91 Å². The van der Waals surface area contributed by atoms with E-state index in [2.05, 4.69) is 31.9 Å². The second-order valence-corrected chi connectivity index (χ2v) is 8.11. The molecule has 8 nitrogen and oxygen atoms in total. The monoisotopic (exact) mass is 440 g/mol. The molecule has 0 atom stereocenters. The minimum atomic E-state index is -0.327. The SMILES string of the molecule is CCc1nccn1CCCNC(=O)C1CCN(c2ccc(-c3nc(C)no3)cc2F)CC1. The van der Waals surface area contributed by atoms with E-state index in [0.717, 1.165) is 25.2 Å². The van der Waals surface area contributed by atoms with Gasteiger partial charge < -0.3 is 19.3 Å². The lowest BCUT2D eigenvalue weighted by Crippen LogP contribution is -2.41. The minimum Gasteiger partial charge on any atom is -0.369 e. The summed E-state index contributed by atoms with van der Waals surface area (Å²) < 4.78 is 22.0. The Morgan fingerprint density at radius 2 is 2.12 bits per heavy atom. The molecular formula is C23H29FN6O2. The number of imidazole rings is 1. The number of benzene rings is 1. The molecule has 32 heavy (non-hydrogen) atoms. The number of carbonyl (C=O) groups is 1. The minimum absolute atomic E-state index is 0.0330. The van der Waals surface area contributed by atoms with Crippen molar-refractivity contribution in [3.05, 3.63) is 48.1 Å². The summed E-state index contributed by atoms with van der Waals surface area (Å²) >= 11 is 0. The third kappa shape index (κ3) is 4.98. The van der Waals surface area contributed by atoms with Crippen molar-refractivity contribution in [1.82, 2.24) is 25.0 Å². The molecular weight excluding hydrogens is 411 g/mol.